The van der Waals surface area contributed by atoms with Crippen LogP contribution < -0.4 is 4.72 Å². The summed E-state index contributed by atoms with van der Waals surface area (Å²) in [5, 5.41) is 8.27. The van der Waals surface area contributed by atoms with E-state index in [2.05, 4.69) is 4.72 Å². The quantitative estimate of drug-likeness (QED) is 0.364. The molecule has 0 aliphatic heterocycles. The van der Waals surface area contributed by atoms with Crippen LogP contribution in [0.1, 0.15) is 55.7 Å². The Kier molecular flexibility index (Phi) is 7.46. The molecule has 3 aromatic carbocycles. The molecule has 0 radical (unpaired) electrons. The van der Waals surface area contributed by atoms with Gasteiger partial charge < -0.3 is 5.41 Å². The molecule has 0 saturated carbocycles. The van der Waals surface area contributed by atoms with Crippen molar-refractivity contribution in [3.05, 3.63) is 95.3 Å². The summed E-state index contributed by atoms with van der Waals surface area (Å²) < 4.78 is 42.4. The van der Waals surface area contributed by atoms with Crippen molar-refractivity contribution in [2.75, 3.05) is 4.72 Å². The fourth-order valence-electron chi connectivity index (χ4n) is 3.56. The second-order valence-corrected chi connectivity index (χ2v) is 10.1. The zero-order valence-corrected chi connectivity index (χ0v) is 19.4. The van der Waals surface area contributed by atoms with Crippen molar-refractivity contribution in [3.63, 3.8) is 0 Å². The lowest BCUT2D eigenvalue weighted by molar-refractivity contribution is 0.598. The molecule has 2 N–H and O–H groups in total. The standard InChI is InChI=1S/C26H29FN2O2S/c1-18(2)21-9-12-24(13-10-21)32(30,31)29-26-14-11-22(17-25(26)27)19(3)15-23(28)16-20-7-5-4-6-8-20/h4-14,17-19,28-29H,15-16H2,1-3H3. The molecule has 1 unspecified atom stereocenters. The zero-order chi connectivity index (χ0) is 23.3. The molecule has 0 saturated heterocycles. The summed E-state index contributed by atoms with van der Waals surface area (Å²) in [5.41, 5.74) is 3.31. The van der Waals surface area contributed by atoms with Gasteiger partial charge in [0.1, 0.15) is 5.82 Å². The average Bonchev–Trinajstić information content (AvgIpc) is 2.75. The Morgan fingerprint density at radius 3 is 2.16 bits per heavy atom. The molecule has 0 fully saturated rings. The number of anilines is 1. The molecule has 0 amide bonds. The maximum atomic E-state index is 14.7. The summed E-state index contributed by atoms with van der Waals surface area (Å²) in [6.07, 6.45) is 1.06. The van der Waals surface area contributed by atoms with Gasteiger partial charge in [0.15, 0.2) is 0 Å². The van der Waals surface area contributed by atoms with E-state index in [0.717, 1.165) is 16.7 Å². The number of hydrogen-bond donors (Lipinski definition) is 2. The van der Waals surface area contributed by atoms with E-state index in [9.17, 15) is 12.8 Å². The normalized spacial score (nSPS) is 12.5. The van der Waals surface area contributed by atoms with E-state index in [1.807, 2.05) is 51.1 Å². The predicted molar refractivity (Wildman–Crippen MR) is 129 cm³/mol. The Morgan fingerprint density at radius 2 is 1.56 bits per heavy atom. The molecular weight excluding hydrogens is 423 g/mol. The molecule has 3 rings (SSSR count). The van der Waals surface area contributed by atoms with Crippen molar-refractivity contribution in [2.24, 2.45) is 0 Å². The van der Waals surface area contributed by atoms with Crippen molar-refractivity contribution in [3.8, 4) is 0 Å². The smallest absolute Gasteiger partial charge is 0.261 e. The molecule has 0 aliphatic rings. The van der Waals surface area contributed by atoms with Gasteiger partial charge in [-0.25, -0.2) is 12.8 Å². The Balaban J connectivity index is 1.68. The summed E-state index contributed by atoms with van der Waals surface area (Å²) in [5.74, 6) is -0.401. The molecule has 4 nitrogen and oxygen atoms in total. The molecular formula is C26H29FN2O2S. The van der Waals surface area contributed by atoms with Crippen LogP contribution in [0.15, 0.2) is 77.7 Å². The van der Waals surface area contributed by atoms with Gasteiger partial charge in [0, 0.05) is 12.1 Å². The lowest BCUT2D eigenvalue weighted by Gasteiger charge is -2.15. The van der Waals surface area contributed by atoms with Gasteiger partial charge in [-0.1, -0.05) is 69.3 Å². The highest BCUT2D eigenvalue weighted by atomic mass is 32.2. The van der Waals surface area contributed by atoms with Gasteiger partial charge in [-0.3, -0.25) is 4.72 Å². The van der Waals surface area contributed by atoms with E-state index in [4.69, 9.17) is 5.41 Å². The molecule has 32 heavy (non-hydrogen) atoms. The average molecular weight is 453 g/mol. The number of sulfonamides is 1. The topological polar surface area (TPSA) is 70.0 Å². The van der Waals surface area contributed by atoms with Crippen LogP contribution >= 0.6 is 0 Å². The Hall–Kier alpha value is -2.99. The molecule has 0 aliphatic carbocycles. The number of benzene rings is 3. The number of halogens is 1. The third-order valence-corrected chi connectivity index (χ3v) is 6.86. The van der Waals surface area contributed by atoms with Crippen molar-refractivity contribution >= 4 is 21.4 Å². The molecule has 3 aromatic rings. The zero-order valence-electron chi connectivity index (χ0n) is 18.6. The first-order valence-corrected chi connectivity index (χ1v) is 12.2. The first-order valence-electron chi connectivity index (χ1n) is 10.7. The Labute approximate surface area is 190 Å². The first kappa shape index (κ1) is 23.7. The van der Waals surface area contributed by atoms with Gasteiger partial charge >= 0.3 is 0 Å². The fraction of sp³-hybridized carbons (Fsp3) is 0.269. The highest BCUT2D eigenvalue weighted by molar-refractivity contribution is 7.92. The van der Waals surface area contributed by atoms with Crippen LogP contribution in [0, 0.1) is 11.2 Å². The predicted octanol–water partition coefficient (Wildman–Crippen LogP) is 6.51. The monoisotopic (exact) mass is 452 g/mol. The maximum absolute atomic E-state index is 14.7. The number of rotatable bonds is 9. The van der Waals surface area contributed by atoms with Crippen molar-refractivity contribution in [1.29, 1.82) is 5.41 Å². The Bertz CT molecular complexity index is 1170. The molecule has 0 bridgehead atoms. The van der Waals surface area contributed by atoms with Crippen LogP contribution in [-0.2, 0) is 16.4 Å². The maximum Gasteiger partial charge on any atom is 0.261 e. The van der Waals surface area contributed by atoms with Gasteiger partial charge in [0.05, 0.1) is 10.6 Å². The second kappa shape index (κ2) is 10.1. The second-order valence-electron chi connectivity index (χ2n) is 8.44. The van der Waals surface area contributed by atoms with Crippen LogP contribution in [0.2, 0.25) is 0 Å². The van der Waals surface area contributed by atoms with Gasteiger partial charge in [-0.15, -0.1) is 0 Å². The number of nitrogens with one attached hydrogen (secondary N) is 2. The minimum atomic E-state index is -3.89. The van der Waals surface area contributed by atoms with E-state index < -0.39 is 15.8 Å². The largest absolute Gasteiger partial charge is 0.309 e. The minimum absolute atomic E-state index is 0.0602. The highest BCUT2D eigenvalue weighted by Gasteiger charge is 2.18. The van der Waals surface area contributed by atoms with E-state index in [0.29, 0.717) is 24.5 Å². The molecule has 0 heterocycles. The third-order valence-electron chi connectivity index (χ3n) is 5.48. The minimum Gasteiger partial charge on any atom is -0.309 e. The van der Waals surface area contributed by atoms with Crippen LogP contribution in [-0.4, -0.2) is 14.1 Å². The number of hydrogen-bond acceptors (Lipinski definition) is 3. The first-order chi connectivity index (χ1) is 15.2. The van der Waals surface area contributed by atoms with Gasteiger partial charge in [0.2, 0.25) is 0 Å². The van der Waals surface area contributed by atoms with Crippen molar-refractivity contribution in [1.82, 2.24) is 0 Å². The Morgan fingerprint density at radius 1 is 0.938 bits per heavy atom. The van der Waals surface area contributed by atoms with Crippen LogP contribution in [0.25, 0.3) is 0 Å². The third kappa shape index (κ3) is 6.04. The lowest BCUT2D eigenvalue weighted by Crippen LogP contribution is -2.14. The molecule has 6 heteroatoms. The van der Waals surface area contributed by atoms with Gasteiger partial charge in [0.25, 0.3) is 10.0 Å². The molecule has 168 valence electrons. The summed E-state index contributed by atoms with van der Waals surface area (Å²) in [4.78, 5) is 0.0908. The van der Waals surface area contributed by atoms with Gasteiger partial charge in [-0.05, 0) is 59.2 Å². The fourth-order valence-corrected chi connectivity index (χ4v) is 4.63. The van der Waals surface area contributed by atoms with Crippen LogP contribution in [0.5, 0.6) is 0 Å². The molecule has 0 spiro atoms. The van der Waals surface area contributed by atoms with Crippen LogP contribution in [0.4, 0.5) is 10.1 Å². The van der Waals surface area contributed by atoms with E-state index in [1.165, 1.54) is 24.3 Å². The van der Waals surface area contributed by atoms with Crippen molar-refractivity contribution in [2.45, 2.75) is 50.3 Å². The summed E-state index contributed by atoms with van der Waals surface area (Å²) in [6.45, 7) is 6.00. The van der Waals surface area contributed by atoms with Crippen molar-refractivity contribution < 1.29 is 12.8 Å². The molecule has 0 aromatic heterocycles. The molecule has 1 atom stereocenters. The van der Waals surface area contributed by atoms with Crippen LogP contribution in [0.3, 0.4) is 0 Å². The van der Waals surface area contributed by atoms with E-state index >= 15 is 0 Å². The van der Waals surface area contributed by atoms with Gasteiger partial charge in [-0.2, -0.15) is 0 Å². The summed E-state index contributed by atoms with van der Waals surface area (Å²) >= 11 is 0. The summed E-state index contributed by atoms with van der Waals surface area (Å²) in [7, 11) is -3.89. The lowest BCUT2D eigenvalue weighted by atomic mass is 9.93. The van der Waals surface area contributed by atoms with E-state index in [1.54, 1.807) is 18.2 Å². The SMILES string of the molecule is CC(C)c1ccc(S(=O)(=O)Nc2ccc(C(C)CC(=N)Cc3ccccc3)cc2F)cc1. The highest BCUT2D eigenvalue weighted by Crippen LogP contribution is 2.26. The van der Waals surface area contributed by atoms with E-state index in [-0.39, 0.29) is 16.5 Å². The summed E-state index contributed by atoms with van der Waals surface area (Å²) in [6, 6.07) is 20.9.